The molecule has 1 aromatic rings. The first-order valence-corrected chi connectivity index (χ1v) is 5.85. The van der Waals surface area contributed by atoms with Crippen LogP contribution in [0.3, 0.4) is 0 Å². The Kier molecular flexibility index (Phi) is 4.60. The SMILES string of the molecule is Cc1[nH]cnc1C(C)(C)CCC(=O)OCC(F)(F)F. The van der Waals surface area contributed by atoms with Gasteiger partial charge in [-0.3, -0.25) is 4.79 Å². The second-order valence-electron chi connectivity index (χ2n) is 5.04. The highest BCUT2D eigenvalue weighted by Crippen LogP contribution is 2.28. The molecule has 0 amide bonds. The van der Waals surface area contributed by atoms with Gasteiger partial charge in [0.1, 0.15) is 0 Å². The highest BCUT2D eigenvalue weighted by Gasteiger charge is 2.30. The molecule has 1 aromatic heterocycles. The Bertz CT molecular complexity index is 438. The number of H-pyrrole nitrogens is 1. The number of halogens is 3. The Morgan fingerprint density at radius 2 is 2.05 bits per heavy atom. The van der Waals surface area contributed by atoms with Crippen molar-refractivity contribution in [2.45, 2.75) is 45.2 Å². The van der Waals surface area contributed by atoms with Gasteiger partial charge in [0.25, 0.3) is 0 Å². The van der Waals surface area contributed by atoms with Crippen LogP contribution in [0.15, 0.2) is 6.33 Å². The van der Waals surface area contributed by atoms with E-state index in [2.05, 4.69) is 14.7 Å². The second-order valence-corrected chi connectivity index (χ2v) is 5.04. The number of ether oxygens (including phenoxy) is 1. The fourth-order valence-corrected chi connectivity index (χ4v) is 1.81. The van der Waals surface area contributed by atoms with E-state index in [-0.39, 0.29) is 6.42 Å². The molecular formula is C12H17F3N2O2. The number of carbonyl (C=O) groups is 1. The van der Waals surface area contributed by atoms with Crippen LogP contribution in [0.1, 0.15) is 38.1 Å². The van der Waals surface area contributed by atoms with Crippen molar-refractivity contribution in [2.75, 3.05) is 6.61 Å². The van der Waals surface area contributed by atoms with Gasteiger partial charge in [-0.1, -0.05) is 13.8 Å². The van der Waals surface area contributed by atoms with Crippen LogP contribution in [0.5, 0.6) is 0 Å². The van der Waals surface area contributed by atoms with Crippen LogP contribution in [0.4, 0.5) is 13.2 Å². The van der Waals surface area contributed by atoms with Crippen molar-refractivity contribution in [1.82, 2.24) is 9.97 Å². The molecule has 0 atom stereocenters. The number of aromatic amines is 1. The van der Waals surface area contributed by atoms with Gasteiger partial charge in [0.05, 0.1) is 12.0 Å². The van der Waals surface area contributed by atoms with Crippen molar-refractivity contribution >= 4 is 5.97 Å². The van der Waals surface area contributed by atoms with Crippen LogP contribution < -0.4 is 0 Å². The topological polar surface area (TPSA) is 55.0 Å². The maximum absolute atomic E-state index is 11.9. The van der Waals surface area contributed by atoms with Crippen LogP contribution in [0, 0.1) is 6.92 Å². The van der Waals surface area contributed by atoms with Crippen molar-refractivity contribution in [3.8, 4) is 0 Å². The predicted octanol–water partition coefficient (Wildman–Crippen LogP) is 2.88. The lowest BCUT2D eigenvalue weighted by molar-refractivity contribution is -0.186. The molecule has 0 unspecified atom stereocenters. The molecule has 0 bridgehead atoms. The maximum atomic E-state index is 11.9. The van der Waals surface area contributed by atoms with Gasteiger partial charge in [0, 0.05) is 17.5 Å². The number of alkyl halides is 3. The molecule has 108 valence electrons. The van der Waals surface area contributed by atoms with E-state index in [1.54, 1.807) is 6.33 Å². The molecule has 0 aliphatic rings. The van der Waals surface area contributed by atoms with Crippen molar-refractivity contribution in [1.29, 1.82) is 0 Å². The molecule has 0 aromatic carbocycles. The molecule has 7 heteroatoms. The van der Waals surface area contributed by atoms with E-state index >= 15 is 0 Å². The third-order valence-corrected chi connectivity index (χ3v) is 2.82. The van der Waals surface area contributed by atoms with E-state index in [0.717, 1.165) is 11.4 Å². The molecule has 19 heavy (non-hydrogen) atoms. The summed E-state index contributed by atoms with van der Waals surface area (Å²) in [7, 11) is 0. The number of hydrogen-bond acceptors (Lipinski definition) is 3. The first-order valence-electron chi connectivity index (χ1n) is 5.85. The summed E-state index contributed by atoms with van der Waals surface area (Å²) in [6.45, 7) is 4.08. The zero-order valence-corrected chi connectivity index (χ0v) is 11.1. The van der Waals surface area contributed by atoms with Gasteiger partial charge < -0.3 is 9.72 Å². The lowest BCUT2D eigenvalue weighted by Gasteiger charge is -2.23. The molecule has 1 rings (SSSR count). The van der Waals surface area contributed by atoms with Crippen molar-refractivity contribution in [2.24, 2.45) is 0 Å². The third-order valence-electron chi connectivity index (χ3n) is 2.82. The van der Waals surface area contributed by atoms with Crippen molar-refractivity contribution < 1.29 is 22.7 Å². The van der Waals surface area contributed by atoms with E-state index in [9.17, 15) is 18.0 Å². The standard InChI is InChI=1S/C12H17F3N2O2/c1-8-10(17-7-16-8)11(2,3)5-4-9(18)19-6-12(13,14)15/h7H,4-6H2,1-3H3,(H,16,17). The number of aromatic nitrogens is 2. The molecule has 0 aliphatic carbocycles. The fourth-order valence-electron chi connectivity index (χ4n) is 1.81. The zero-order valence-electron chi connectivity index (χ0n) is 11.1. The highest BCUT2D eigenvalue weighted by molar-refractivity contribution is 5.69. The number of rotatable bonds is 5. The number of imidazole rings is 1. The van der Waals surface area contributed by atoms with Crippen LogP contribution in [-0.2, 0) is 14.9 Å². The van der Waals surface area contributed by atoms with Gasteiger partial charge in [-0.25, -0.2) is 4.98 Å². The number of carbonyl (C=O) groups excluding carboxylic acids is 1. The summed E-state index contributed by atoms with van der Waals surface area (Å²) in [4.78, 5) is 18.3. The summed E-state index contributed by atoms with van der Waals surface area (Å²) < 4.78 is 39.8. The van der Waals surface area contributed by atoms with Crippen LogP contribution in [0.25, 0.3) is 0 Å². The molecule has 0 spiro atoms. The molecule has 1 heterocycles. The Morgan fingerprint density at radius 3 is 2.53 bits per heavy atom. The first-order chi connectivity index (χ1) is 8.62. The monoisotopic (exact) mass is 278 g/mol. The maximum Gasteiger partial charge on any atom is 0.422 e. The van der Waals surface area contributed by atoms with E-state index in [1.165, 1.54) is 0 Å². The van der Waals surface area contributed by atoms with Gasteiger partial charge in [-0.15, -0.1) is 0 Å². The molecule has 0 aliphatic heterocycles. The van der Waals surface area contributed by atoms with Crippen LogP contribution in [0.2, 0.25) is 0 Å². The van der Waals surface area contributed by atoms with Crippen molar-refractivity contribution in [3.05, 3.63) is 17.7 Å². The van der Waals surface area contributed by atoms with Crippen LogP contribution >= 0.6 is 0 Å². The van der Waals surface area contributed by atoms with Gasteiger partial charge in [0.2, 0.25) is 0 Å². The lowest BCUT2D eigenvalue weighted by Crippen LogP contribution is -2.24. The van der Waals surface area contributed by atoms with Gasteiger partial charge in [-0.05, 0) is 13.3 Å². The Labute approximate surface area is 109 Å². The quantitative estimate of drug-likeness (QED) is 0.843. The molecule has 0 saturated carbocycles. The Morgan fingerprint density at radius 1 is 1.42 bits per heavy atom. The lowest BCUT2D eigenvalue weighted by atomic mass is 9.83. The fraction of sp³-hybridized carbons (Fsp3) is 0.667. The third kappa shape index (κ3) is 4.92. The van der Waals surface area contributed by atoms with Crippen LogP contribution in [-0.4, -0.2) is 28.7 Å². The Balaban J connectivity index is 2.48. The van der Waals surface area contributed by atoms with Gasteiger partial charge in [0.15, 0.2) is 6.61 Å². The number of aryl methyl sites for hydroxylation is 1. The second kappa shape index (κ2) is 5.63. The van der Waals surface area contributed by atoms with E-state index in [1.807, 2.05) is 20.8 Å². The predicted molar refractivity (Wildman–Crippen MR) is 62.6 cm³/mol. The molecule has 0 fully saturated rings. The molecule has 4 nitrogen and oxygen atoms in total. The number of nitrogens with zero attached hydrogens (tertiary/aromatic N) is 1. The summed E-state index contributed by atoms with van der Waals surface area (Å²) in [5.74, 6) is -0.849. The normalized spacial score (nSPS) is 12.5. The number of esters is 1. The van der Waals surface area contributed by atoms with E-state index < -0.39 is 24.2 Å². The largest absolute Gasteiger partial charge is 0.456 e. The summed E-state index contributed by atoms with van der Waals surface area (Å²) in [5.41, 5.74) is 1.28. The first kappa shape index (κ1) is 15.5. The summed E-state index contributed by atoms with van der Waals surface area (Å²) in [5, 5.41) is 0. The zero-order chi connectivity index (χ0) is 14.7. The van der Waals surface area contributed by atoms with Crippen molar-refractivity contribution in [3.63, 3.8) is 0 Å². The number of hydrogen-bond donors (Lipinski definition) is 1. The average Bonchev–Trinajstić information content (AvgIpc) is 2.70. The molecular weight excluding hydrogens is 261 g/mol. The van der Waals surface area contributed by atoms with E-state index in [0.29, 0.717) is 6.42 Å². The van der Waals surface area contributed by atoms with E-state index in [4.69, 9.17) is 0 Å². The smallest absolute Gasteiger partial charge is 0.422 e. The Hall–Kier alpha value is -1.53. The minimum Gasteiger partial charge on any atom is -0.456 e. The summed E-state index contributed by atoms with van der Waals surface area (Å²) >= 11 is 0. The molecule has 1 N–H and O–H groups in total. The summed E-state index contributed by atoms with van der Waals surface area (Å²) in [6.07, 6.45) is -2.64. The average molecular weight is 278 g/mol. The molecule has 0 saturated heterocycles. The van der Waals surface area contributed by atoms with Gasteiger partial charge >= 0.3 is 12.1 Å². The molecule has 0 radical (unpaired) electrons. The summed E-state index contributed by atoms with van der Waals surface area (Å²) in [6, 6.07) is 0. The number of nitrogens with one attached hydrogen (secondary N) is 1. The minimum atomic E-state index is -4.48. The van der Waals surface area contributed by atoms with Gasteiger partial charge in [-0.2, -0.15) is 13.2 Å². The highest BCUT2D eigenvalue weighted by atomic mass is 19.4. The minimum absolute atomic E-state index is 0.0740.